The van der Waals surface area contributed by atoms with Gasteiger partial charge in [-0.15, -0.1) is 0 Å². The van der Waals surface area contributed by atoms with E-state index in [1.165, 1.54) is 6.07 Å². The maximum atomic E-state index is 13.5. The highest BCUT2D eigenvalue weighted by Gasteiger charge is 2.28. The lowest BCUT2D eigenvalue weighted by molar-refractivity contribution is -0.118. The fourth-order valence-electron chi connectivity index (χ4n) is 2.76. The van der Waals surface area contributed by atoms with E-state index in [9.17, 15) is 9.18 Å². The molecule has 5 heteroatoms. The summed E-state index contributed by atoms with van der Waals surface area (Å²) in [6.45, 7) is 1.77. The first-order chi connectivity index (χ1) is 11.1. The Labute approximate surface area is 134 Å². The fraction of sp³-hybridized carbons (Fsp3) is 0.333. The highest BCUT2D eigenvalue weighted by atomic mass is 19.1. The molecule has 120 valence electrons. The van der Waals surface area contributed by atoms with Crippen molar-refractivity contribution in [3.8, 4) is 5.75 Å². The van der Waals surface area contributed by atoms with Gasteiger partial charge < -0.3 is 4.74 Å². The summed E-state index contributed by atoms with van der Waals surface area (Å²) in [5.74, 6) is 0.484. The molecule has 4 nitrogen and oxygen atoms in total. The SMILES string of the molecule is CC(=O)C1CCC(c2ccc(OCc3ccccc3F)cn2)N1. The third-order valence-electron chi connectivity index (χ3n) is 4.11. The summed E-state index contributed by atoms with van der Waals surface area (Å²) in [4.78, 5) is 15.8. The van der Waals surface area contributed by atoms with Gasteiger partial charge in [0.1, 0.15) is 24.0 Å². The highest BCUT2D eigenvalue weighted by Crippen LogP contribution is 2.26. The molecule has 0 aliphatic carbocycles. The number of carbonyl (C=O) groups is 1. The average Bonchev–Trinajstić information content (AvgIpc) is 3.05. The van der Waals surface area contributed by atoms with Crippen LogP contribution in [-0.4, -0.2) is 16.8 Å². The molecule has 1 aliphatic rings. The van der Waals surface area contributed by atoms with E-state index in [-0.39, 0.29) is 30.3 Å². The summed E-state index contributed by atoms with van der Waals surface area (Å²) in [7, 11) is 0. The molecule has 2 unspecified atom stereocenters. The van der Waals surface area contributed by atoms with Gasteiger partial charge in [0, 0.05) is 5.56 Å². The number of hydrogen-bond donors (Lipinski definition) is 1. The van der Waals surface area contributed by atoms with Crippen molar-refractivity contribution in [3.05, 3.63) is 59.7 Å². The van der Waals surface area contributed by atoms with Gasteiger partial charge in [0.05, 0.1) is 24.0 Å². The van der Waals surface area contributed by atoms with E-state index in [0.29, 0.717) is 11.3 Å². The Bertz CT molecular complexity index is 688. The number of nitrogens with zero attached hydrogens (tertiary/aromatic N) is 1. The molecule has 0 amide bonds. The zero-order valence-corrected chi connectivity index (χ0v) is 13.0. The Morgan fingerprint density at radius 2 is 2.13 bits per heavy atom. The third kappa shape index (κ3) is 3.74. The van der Waals surface area contributed by atoms with Gasteiger partial charge in [-0.25, -0.2) is 4.39 Å². The smallest absolute Gasteiger partial charge is 0.146 e. The van der Waals surface area contributed by atoms with Crippen LogP contribution in [0.15, 0.2) is 42.6 Å². The van der Waals surface area contributed by atoms with E-state index in [2.05, 4.69) is 10.3 Å². The molecule has 3 rings (SSSR count). The largest absolute Gasteiger partial charge is 0.487 e. The highest BCUT2D eigenvalue weighted by molar-refractivity contribution is 5.81. The number of carbonyl (C=O) groups excluding carboxylic acids is 1. The second kappa shape index (κ2) is 6.87. The molecule has 1 aromatic carbocycles. The Morgan fingerprint density at radius 3 is 2.78 bits per heavy atom. The number of hydrogen-bond acceptors (Lipinski definition) is 4. The van der Waals surface area contributed by atoms with Gasteiger partial charge in [-0.1, -0.05) is 18.2 Å². The lowest BCUT2D eigenvalue weighted by Gasteiger charge is -2.13. The number of pyridine rings is 1. The number of nitrogens with one attached hydrogen (secondary N) is 1. The summed E-state index contributed by atoms with van der Waals surface area (Å²) < 4.78 is 19.1. The van der Waals surface area contributed by atoms with E-state index in [1.807, 2.05) is 12.1 Å². The fourth-order valence-corrected chi connectivity index (χ4v) is 2.76. The molecule has 0 radical (unpaired) electrons. The quantitative estimate of drug-likeness (QED) is 0.921. The number of ether oxygens (including phenoxy) is 1. The number of ketones is 1. The molecule has 1 aliphatic heterocycles. The van der Waals surface area contributed by atoms with Crippen molar-refractivity contribution in [2.75, 3.05) is 0 Å². The lowest BCUT2D eigenvalue weighted by atomic mass is 10.1. The lowest BCUT2D eigenvalue weighted by Crippen LogP contribution is -2.30. The molecule has 2 atom stereocenters. The van der Waals surface area contributed by atoms with Crippen molar-refractivity contribution >= 4 is 5.78 Å². The average molecular weight is 314 g/mol. The van der Waals surface area contributed by atoms with Gasteiger partial charge in [0.25, 0.3) is 0 Å². The molecular weight excluding hydrogens is 295 g/mol. The van der Waals surface area contributed by atoms with Crippen LogP contribution >= 0.6 is 0 Å². The van der Waals surface area contributed by atoms with Crippen LogP contribution in [0.5, 0.6) is 5.75 Å². The van der Waals surface area contributed by atoms with Crippen LogP contribution in [0, 0.1) is 5.82 Å². The van der Waals surface area contributed by atoms with Gasteiger partial charge in [0.2, 0.25) is 0 Å². The zero-order valence-electron chi connectivity index (χ0n) is 13.0. The molecule has 1 aromatic heterocycles. The van der Waals surface area contributed by atoms with Gasteiger partial charge in [-0.05, 0) is 38.0 Å². The first kappa shape index (κ1) is 15.6. The van der Waals surface area contributed by atoms with Gasteiger partial charge in [-0.3, -0.25) is 15.1 Å². The van der Waals surface area contributed by atoms with E-state index < -0.39 is 0 Å². The molecular formula is C18H19FN2O2. The first-order valence-electron chi connectivity index (χ1n) is 7.72. The molecule has 2 heterocycles. The minimum atomic E-state index is -0.275. The minimum Gasteiger partial charge on any atom is -0.487 e. The third-order valence-corrected chi connectivity index (χ3v) is 4.11. The summed E-state index contributed by atoms with van der Waals surface area (Å²) in [6, 6.07) is 10.3. The molecule has 1 saturated heterocycles. The summed E-state index contributed by atoms with van der Waals surface area (Å²) >= 11 is 0. The summed E-state index contributed by atoms with van der Waals surface area (Å²) in [6.07, 6.45) is 3.37. The predicted molar refractivity (Wildman–Crippen MR) is 84.5 cm³/mol. The second-order valence-electron chi connectivity index (χ2n) is 5.76. The zero-order chi connectivity index (χ0) is 16.2. The van der Waals surface area contributed by atoms with Crippen molar-refractivity contribution in [2.45, 2.75) is 38.5 Å². The Balaban J connectivity index is 1.59. The molecule has 0 spiro atoms. The number of rotatable bonds is 5. The van der Waals surface area contributed by atoms with E-state index in [1.54, 1.807) is 31.3 Å². The standard InChI is InChI=1S/C18H19FN2O2/c1-12(22)16-8-9-18(21-16)17-7-6-14(10-20-17)23-11-13-4-2-3-5-15(13)19/h2-7,10,16,18,21H,8-9,11H2,1H3. The predicted octanol–water partition coefficient (Wildman–Crippen LogP) is 3.18. The first-order valence-corrected chi connectivity index (χ1v) is 7.72. The van der Waals surface area contributed by atoms with Crippen LogP contribution in [0.3, 0.4) is 0 Å². The molecule has 0 saturated carbocycles. The van der Waals surface area contributed by atoms with Crippen molar-refractivity contribution in [3.63, 3.8) is 0 Å². The normalized spacial score (nSPS) is 20.4. The van der Waals surface area contributed by atoms with Crippen LogP contribution < -0.4 is 10.1 Å². The van der Waals surface area contributed by atoms with E-state index in [0.717, 1.165) is 18.5 Å². The van der Waals surface area contributed by atoms with Gasteiger partial charge in [-0.2, -0.15) is 0 Å². The maximum absolute atomic E-state index is 13.5. The molecule has 2 aromatic rings. The topological polar surface area (TPSA) is 51.2 Å². The maximum Gasteiger partial charge on any atom is 0.146 e. The Morgan fingerprint density at radius 1 is 1.30 bits per heavy atom. The van der Waals surface area contributed by atoms with E-state index >= 15 is 0 Å². The van der Waals surface area contributed by atoms with Crippen LogP contribution in [0.2, 0.25) is 0 Å². The Hall–Kier alpha value is -2.27. The Kier molecular flexibility index (Phi) is 4.67. The minimum absolute atomic E-state index is 0.0706. The van der Waals surface area contributed by atoms with Crippen LogP contribution in [0.25, 0.3) is 0 Å². The molecule has 0 bridgehead atoms. The van der Waals surface area contributed by atoms with E-state index in [4.69, 9.17) is 4.74 Å². The van der Waals surface area contributed by atoms with Crippen LogP contribution in [-0.2, 0) is 11.4 Å². The summed E-state index contributed by atoms with van der Waals surface area (Å²) in [5.41, 5.74) is 1.41. The van der Waals surface area contributed by atoms with Crippen molar-refractivity contribution in [2.24, 2.45) is 0 Å². The molecule has 23 heavy (non-hydrogen) atoms. The number of halogens is 1. The van der Waals surface area contributed by atoms with Crippen molar-refractivity contribution in [1.82, 2.24) is 10.3 Å². The van der Waals surface area contributed by atoms with Crippen molar-refractivity contribution in [1.29, 1.82) is 0 Å². The van der Waals surface area contributed by atoms with Gasteiger partial charge >= 0.3 is 0 Å². The number of Topliss-reactive ketones (excluding diaryl/α,β-unsaturated/α-hetero) is 1. The number of benzene rings is 1. The number of aromatic nitrogens is 1. The second-order valence-corrected chi connectivity index (χ2v) is 5.76. The molecule has 1 fully saturated rings. The summed E-state index contributed by atoms with van der Waals surface area (Å²) in [5, 5.41) is 3.29. The molecule has 1 N–H and O–H groups in total. The monoisotopic (exact) mass is 314 g/mol. The van der Waals surface area contributed by atoms with Gasteiger partial charge in [0.15, 0.2) is 0 Å². The van der Waals surface area contributed by atoms with Crippen LogP contribution in [0.4, 0.5) is 4.39 Å². The van der Waals surface area contributed by atoms with Crippen LogP contribution in [0.1, 0.15) is 37.1 Å². The van der Waals surface area contributed by atoms with Crippen molar-refractivity contribution < 1.29 is 13.9 Å².